The fourth-order valence-corrected chi connectivity index (χ4v) is 2.20. The van der Waals surface area contributed by atoms with Crippen LogP contribution in [0.25, 0.3) is 0 Å². The molecule has 1 N–H and O–H groups in total. The summed E-state index contributed by atoms with van der Waals surface area (Å²) >= 11 is 8.99. The van der Waals surface area contributed by atoms with E-state index in [1.54, 1.807) is 0 Å². The third-order valence-corrected chi connectivity index (χ3v) is 3.31. The van der Waals surface area contributed by atoms with Crippen LogP contribution in [-0.4, -0.2) is 5.91 Å². The van der Waals surface area contributed by atoms with Crippen LogP contribution in [0.3, 0.4) is 0 Å². The van der Waals surface area contributed by atoms with Gasteiger partial charge in [-0.05, 0) is 35.9 Å². The molecule has 0 heterocycles. The minimum absolute atomic E-state index is 0.0601. The maximum Gasteiger partial charge on any atom is 0.251 e. The molecule has 19 heavy (non-hydrogen) atoms. The van der Waals surface area contributed by atoms with Crippen molar-refractivity contribution in [3.05, 3.63) is 68.9 Å². The van der Waals surface area contributed by atoms with E-state index in [0.717, 1.165) is 10.0 Å². The number of carbonyl (C=O) groups is 1. The summed E-state index contributed by atoms with van der Waals surface area (Å²) in [7, 11) is 0. The van der Waals surface area contributed by atoms with Crippen LogP contribution in [0, 0.1) is 5.82 Å². The molecule has 0 saturated heterocycles. The number of amides is 1. The zero-order valence-electron chi connectivity index (χ0n) is 9.79. The lowest BCUT2D eigenvalue weighted by atomic mass is 10.2. The van der Waals surface area contributed by atoms with Crippen molar-refractivity contribution in [1.82, 2.24) is 5.32 Å². The van der Waals surface area contributed by atoms with Gasteiger partial charge in [0.05, 0.1) is 5.02 Å². The van der Waals surface area contributed by atoms with Crippen molar-refractivity contribution in [3.8, 4) is 0 Å². The molecule has 0 aliphatic heterocycles. The SMILES string of the molecule is O=C(NCc1cccc(Br)c1)c1ccc(F)c(Cl)c1. The zero-order valence-corrected chi connectivity index (χ0v) is 12.1. The predicted molar refractivity (Wildman–Crippen MR) is 76.7 cm³/mol. The summed E-state index contributed by atoms with van der Waals surface area (Å²) < 4.78 is 13.9. The lowest BCUT2D eigenvalue weighted by Crippen LogP contribution is -2.22. The third kappa shape index (κ3) is 3.78. The van der Waals surface area contributed by atoms with Gasteiger partial charge in [-0.15, -0.1) is 0 Å². The number of rotatable bonds is 3. The summed E-state index contributed by atoms with van der Waals surface area (Å²) in [5, 5.41) is 2.69. The number of hydrogen-bond acceptors (Lipinski definition) is 1. The van der Waals surface area contributed by atoms with E-state index in [9.17, 15) is 9.18 Å². The Morgan fingerprint density at radius 1 is 1.26 bits per heavy atom. The number of carbonyl (C=O) groups excluding carboxylic acids is 1. The second kappa shape index (κ2) is 6.17. The maximum atomic E-state index is 13.0. The van der Waals surface area contributed by atoms with Gasteiger partial charge in [-0.3, -0.25) is 4.79 Å². The molecule has 0 spiro atoms. The largest absolute Gasteiger partial charge is 0.348 e. The van der Waals surface area contributed by atoms with Gasteiger partial charge >= 0.3 is 0 Å². The molecule has 2 aromatic carbocycles. The molecule has 0 atom stereocenters. The van der Waals surface area contributed by atoms with Gasteiger partial charge in [0.2, 0.25) is 0 Å². The molecule has 0 unspecified atom stereocenters. The normalized spacial score (nSPS) is 10.3. The first kappa shape index (κ1) is 14.0. The Hall–Kier alpha value is -1.39. The van der Waals surface area contributed by atoms with Gasteiger partial charge in [-0.1, -0.05) is 39.7 Å². The minimum Gasteiger partial charge on any atom is -0.348 e. The first-order valence-electron chi connectivity index (χ1n) is 5.54. The summed E-state index contributed by atoms with van der Waals surface area (Å²) in [5.41, 5.74) is 1.30. The van der Waals surface area contributed by atoms with Crippen molar-refractivity contribution in [1.29, 1.82) is 0 Å². The van der Waals surface area contributed by atoms with Crippen molar-refractivity contribution in [2.45, 2.75) is 6.54 Å². The molecule has 0 bridgehead atoms. The average Bonchev–Trinajstić information content (AvgIpc) is 2.39. The van der Waals surface area contributed by atoms with Crippen LogP contribution in [0.15, 0.2) is 46.9 Å². The smallest absolute Gasteiger partial charge is 0.251 e. The van der Waals surface area contributed by atoms with Crippen LogP contribution < -0.4 is 5.32 Å². The fraction of sp³-hybridized carbons (Fsp3) is 0.0714. The Bertz CT molecular complexity index is 618. The Morgan fingerprint density at radius 2 is 2.05 bits per heavy atom. The van der Waals surface area contributed by atoms with Crippen molar-refractivity contribution < 1.29 is 9.18 Å². The van der Waals surface area contributed by atoms with Gasteiger partial charge in [-0.2, -0.15) is 0 Å². The van der Waals surface area contributed by atoms with E-state index in [0.29, 0.717) is 12.1 Å². The number of hydrogen-bond donors (Lipinski definition) is 1. The molecule has 2 aromatic rings. The van der Waals surface area contributed by atoms with E-state index < -0.39 is 5.82 Å². The highest BCUT2D eigenvalue weighted by Crippen LogP contribution is 2.16. The van der Waals surface area contributed by atoms with Crippen LogP contribution in [0.4, 0.5) is 4.39 Å². The molecule has 0 aliphatic rings. The molecule has 0 fully saturated rings. The lowest BCUT2D eigenvalue weighted by Gasteiger charge is -2.06. The molecule has 0 radical (unpaired) electrons. The Labute approximate surface area is 123 Å². The van der Waals surface area contributed by atoms with Gasteiger partial charge in [0, 0.05) is 16.6 Å². The average molecular weight is 343 g/mol. The molecule has 0 saturated carbocycles. The number of benzene rings is 2. The third-order valence-electron chi connectivity index (χ3n) is 2.52. The van der Waals surface area contributed by atoms with Gasteiger partial charge in [0.1, 0.15) is 5.82 Å². The van der Waals surface area contributed by atoms with E-state index in [4.69, 9.17) is 11.6 Å². The summed E-state index contributed by atoms with van der Waals surface area (Å²) in [5.74, 6) is -0.827. The molecule has 5 heteroatoms. The number of halogens is 3. The van der Waals surface area contributed by atoms with Crippen molar-refractivity contribution in [2.75, 3.05) is 0 Å². The van der Waals surface area contributed by atoms with E-state index in [2.05, 4.69) is 21.2 Å². The van der Waals surface area contributed by atoms with Crippen molar-refractivity contribution in [2.24, 2.45) is 0 Å². The van der Waals surface area contributed by atoms with Crippen LogP contribution in [-0.2, 0) is 6.54 Å². The summed E-state index contributed by atoms with van der Waals surface area (Å²) in [6.45, 7) is 0.396. The highest BCUT2D eigenvalue weighted by molar-refractivity contribution is 9.10. The molecule has 0 aromatic heterocycles. The first-order chi connectivity index (χ1) is 9.06. The quantitative estimate of drug-likeness (QED) is 0.891. The summed E-state index contributed by atoms with van der Waals surface area (Å²) in [6.07, 6.45) is 0. The van der Waals surface area contributed by atoms with Gasteiger partial charge in [0.25, 0.3) is 5.91 Å². The van der Waals surface area contributed by atoms with Crippen LogP contribution in [0.2, 0.25) is 5.02 Å². The monoisotopic (exact) mass is 341 g/mol. The molecule has 2 rings (SSSR count). The van der Waals surface area contributed by atoms with Crippen LogP contribution in [0.1, 0.15) is 15.9 Å². The Kier molecular flexibility index (Phi) is 4.56. The summed E-state index contributed by atoms with van der Waals surface area (Å²) in [6, 6.07) is 11.5. The summed E-state index contributed by atoms with van der Waals surface area (Å²) in [4.78, 5) is 11.9. The van der Waals surface area contributed by atoms with Gasteiger partial charge in [-0.25, -0.2) is 4.39 Å². The molecule has 98 valence electrons. The van der Waals surface area contributed by atoms with Crippen LogP contribution >= 0.6 is 27.5 Å². The molecular weight excluding hydrogens is 333 g/mol. The fourth-order valence-electron chi connectivity index (χ4n) is 1.57. The van der Waals surface area contributed by atoms with Crippen molar-refractivity contribution in [3.63, 3.8) is 0 Å². The second-order valence-corrected chi connectivity index (χ2v) is 5.26. The Morgan fingerprint density at radius 3 is 2.74 bits per heavy atom. The van der Waals surface area contributed by atoms with Gasteiger partial charge < -0.3 is 5.32 Å². The van der Waals surface area contributed by atoms with E-state index >= 15 is 0 Å². The second-order valence-electron chi connectivity index (χ2n) is 3.94. The first-order valence-corrected chi connectivity index (χ1v) is 6.71. The molecule has 2 nitrogen and oxygen atoms in total. The van der Waals surface area contributed by atoms with Gasteiger partial charge in [0.15, 0.2) is 0 Å². The molecule has 1 amide bonds. The minimum atomic E-state index is -0.537. The highest BCUT2D eigenvalue weighted by Gasteiger charge is 2.08. The zero-order chi connectivity index (χ0) is 13.8. The van der Waals surface area contributed by atoms with E-state index in [1.807, 2.05) is 24.3 Å². The predicted octanol–water partition coefficient (Wildman–Crippen LogP) is 4.17. The standard InChI is InChI=1S/C14H10BrClFNO/c15-11-3-1-2-9(6-11)8-18-14(19)10-4-5-13(17)12(16)7-10/h1-7H,8H2,(H,18,19). The topological polar surface area (TPSA) is 29.1 Å². The highest BCUT2D eigenvalue weighted by atomic mass is 79.9. The number of nitrogens with one attached hydrogen (secondary N) is 1. The maximum absolute atomic E-state index is 13.0. The van der Waals surface area contributed by atoms with Crippen LogP contribution in [0.5, 0.6) is 0 Å². The van der Waals surface area contributed by atoms with E-state index in [1.165, 1.54) is 18.2 Å². The Balaban J connectivity index is 2.03. The molecular formula is C14H10BrClFNO. The molecule has 0 aliphatic carbocycles. The van der Waals surface area contributed by atoms with Crippen molar-refractivity contribution >= 4 is 33.4 Å². The lowest BCUT2D eigenvalue weighted by molar-refractivity contribution is 0.0951. The van der Waals surface area contributed by atoms with E-state index in [-0.39, 0.29) is 10.9 Å².